The van der Waals surface area contributed by atoms with E-state index < -0.39 is 0 Å². The van der Waals surface area contributed by atoms with E-state index in [0.29, 0.717) is 4.83 Å². The summed E-state index contributed by atoms with van der Waals surface area (Å²) < 4.78 is 0. The zero-order chi connectivity index (χ0) is 8.55. The molecule has 1 aliphatic rings. The van der Waals surface area contributed by atoms with E-state index >= 15 is 0 Å². The van der Waals surface area contributed by atoms with Crippen molar-refractivity contribution >= 4 is 27.5 Å². The van der Waals surface area contributed by atoms with Gasteiger partial charge in [-0.1, -0.05) is 39.7 Å². The number of fused-ring (bicyclic) bond motifs is 1. The van der Waals surface area contributed by atoms with Crippen LogP contribution in [0.5, 0.6) is 0 Å². The van der Waals surface area contributed by atoms with Gasteiger partial charge in [0.2, 0.25) is 0 Å². The Balaban J connectivity index is 2.53. The van der Waals surface area contributed by atoms with Crippen LogP contribution >= 0.6 is 27.5 Å². The van der Waals surface area contributed by atoms with E-state index in [1.165, 1.54) is 30.4 Å². The van der Waals surface area contributed by atoms with Crippen molar-refractivity contribution in [3.63, 3.8) is 0 Å². The fraction of sp³-hybridized carbons (Fsp3) is 0.400. The number of alkyl halides is 1. The second kappa shape index (κ2) is 3.39. The molecule has 0 saturated carbocycles. The molecule has 0 amide bonds. The highest BCUT2D eigenvalue weighted by Gasteiger charge is 2.19. The van der Waals surface area contributed by atoms with Gasteiger partial charge >= 0.3 is 0 Å². The molecule has 1 atom stereocenters. The molecule has 0 aliphatic heterocycles. The lowest BCUT2D eigenvalue weighted by Crippen LogP contribution is -2.05. The Hall–Kier alpha value is -0.0100. The van der Waals surface area contributed by atoms with Gasteiger partial charge in [0.1, 0.15) is 0 Å². The van der Waals surface area contributed by atoms with Crippen LogP contribution in [0.3, 0.4) is 0 Å². The molecule has 1 aromatic rings. The van der Waals surface area contributed by atoms with E-state index in [0.717, 1.165) is 5.02 Å². The normalized spacial score (nSPS) is 22.0. The van der Waals surface area contributed by atoms with E-state index in [-0.39, 0.29) is 0 Å². The molecule has 2 heteroatoms. The molecule has 0 bridgehead atoms. The summed E-state index contributed by atoms with van der Waals surface area (Å²) in [5.74, 6) is 0. The van der Waals surface area contributed by atoms with Gasteiger partial charge in [-0.25, -0.2) is 0 Å². The molecule has 2 rings (SSSR count). The van der Waals surface area contributed by atoms with E-state index in [1.54, 1.807) is 0 Å². The highest BCUT2D eigenvalue weighted by Crippen LogP contribution is 2.39. The summed E-state index contributed by atoms with van der Waals surface area (Å²) in [5.41, 5.74) is 2.72. The predicted octanol–water partition coefficient (Wildman–Crippen LogP) is 4.11. The number of halogens is 2. The first kappa shape index (κ1) is 8.58. The average molecular weight is 246 g/mol. The summed E-state index contributed by atoms with van der Waals surface area (Å²) in [6.45, 7) is 0. The van der Waals surface area contributed by atoms with Gasteiger partial charge in [-0.2, -0.15) is 0 Å². The largest absolute Gasteiger partial charge is 0.0840 e. The van der Waals surface area contributed by atoms with Gasteiger partial charge in [0.05, 0.1) is 0 Å². The Morgan fingerprint density at radius 2 is 2.25 bits per heavy atom. The molecule has 0 fully saturated rings. The zero-order valence-corrected chi connectivity index (χ0v) is 9.03. The fourth-order valence-corrected chi connectivity index (χ4v) is 3.09. The topological polar surface area (TPSA) is 0 Å². The molecule has 0 aromatic heterocycles. The minimum atomic E-state index is 0.468. The van der Waals surface area contributed by atoms with Gasteiger partial charge in [0, 0.05) is 9.85 Å². The van der Waals surface area contributed by atoms with Gasteiger partial charge in [0.15, 0.2) is 0 Å². The Bertz CT molecular complexity index is 296. The van der Waals surface area contributed by atoms with E-state index in [1.807, 2.05) is 12.1 Å². The van der Waals surface area contributed by atoms with Gasteiger partial charge in [0.25, 0.3) is 0 Å². The third kappa shape index (κ3) is 1.40. The quantitative estimate of drug-likeness (QED) is 0.603. The first-order valence-corrected chi connectivity index (χ1v) is 5.50. The SMILES string of the molecule is Clc1cccc2c1C(Br)CCC2. The maximum absolute atomic E-state index is 6.11. The number of aryl methyl sites for hydroxylation is 1. The van der Waals surface area contributed by atoms with Gasteiger partial charge < -0.3 is 0 Å². The Labute approximate surface area is 86.1 Å². The summed E-state index contributed by atoms with van der Waals surface area (Å²) in [7, 11) is 0. The maximum Gasteiger partial charge on any atom is 0.0452 e. The van der Waals surface area contributed by atoms with Crippen molar-refractivity contribution in [2.45, 2.75) is 24.1 Å². The zero-order valence-electron chi connectivity index (χ0n) is 6.69. The minimum Gasteiger partial charge on any atom is -0.0840 e. The van der Waals surface area contributed by atoms with Crippen LogP contribution in [0.15, 0.2) is 18.2 Å². The van der Waals surface area contributed by atoms with Crippen molar-refractivity contribution in [1.29, 1.82) is 0 Å². The fourth-order valence-electron chi connectivity index (χ4n) is 1.77. The Morgan fingerprint density at radius 1 is 1.42 bits per heavy atom. The van der Waals surface area contributed by atoms with E-state index in [4.69, 9.17) is 11.6 Å². The summed E-state index contributed by atoms with van der Waals surface area (Å²) >= 11 is 9.76. The number of hydrogen-bond donors (Lipinski definition) is 0. The highest BCUT2D eigenvalue weighted by molar-refractivity contribution is 9.09. The highest BCUT2D eigenvalue weighted by atomic mass is 79.9. The van der Waals surface area contributed by atoms with Crippen molar-refractivity contribution in [3.8, 4) is 0 Å². The number of benzene rings is 1. The molecule has 1 aromatic carbocycles. The Kier molecular flexibility index (Phi) is 2.42. The second-order valence-corrected chi connectivity index (χ2v) is 4.68. The van der Waals surface area contributed by atoms with Crippen LogP contribution in [0.1, 0.15) is 28.8 Å². The lowest BCUT2D eigenvalue weighted by Gasteiger charge is -2.21. The number of rotatable bonds is 0. The first-order valence-electron chi connectivity index (χ1n) is 4.20. The molecule has 0 N–H and O–H groups in total. The van der Waals surface area contributed by atoms with Crippen LogP contribution < -0.4 is 0 Å². The third-order valence-electron chi connectivity index (χ3n) is 2.36. The minimum absolute atomic E-state index is 0.468. The summed E-state index contributed by atoms with van der Waals surface area (Å²) in [6, 6.07) is 6.18. The standard InChI is InChI=1S/C10H10BrCl/c11-8-5-1-3-7-4-2-6-9(12)10(7)8/h2,4,6,8H,1,3,5H2. The van der Waals surface area contributed by atoms with Crippen molar-refractivity contribution in [1.82, 2.24) is 0 Å². The van der Waals surface area contributed by atoms with E-state index in [2.05, 4.69) is 22.0 Å². The average Bonchev–Trinajstić information content (AvgIpc) is 2.04. The molecule has 12 heavy (non-hydrogen) atoms. The molecular formula is C10H10BrCl. The van der Waals surface area contributed by atoms with Crippen LogP contribution in [0.25, 0.3) is 0 Å². The van der Waals surface area contributed by atoms with Crippen molar-refractivity contribution in [2.24, 2.45) is 0 Å². The predicted molar refractivity (Wildman–Crippen MR) is 56.1 cm³/mol. The molecule has 0 nitrogen and oxygen atoms in total. The van der Waals surface area contributed by atoms with Crippen molar-refractivity contribution in [2.75, 3.05) is 0 Å². The molecule has 0 spiro atoms. The van der Waals surface area contributed by atoms with Crippen molar-refractivity contribution in [3.05, 3.63) is 34.3 Å². The van der Waals surface area contributed by atoms with Crippen LogP contribution in [-0.2, 0) is 6.42 Å². The summed E-state index contributed by atoms with van der Waals surface area (Å²) in [6.07, 6.45) is 3.65. The maximum atomic E-state index is 6.11. The van der Waals surface area contributed by atoms with E-state index in [9.17, 15) is 0 Å². The van der Waals surface area contributed by atoms with Crippen LogP contribution in [0.4, 0.5) is 0 Å². The smallest absolute Gasteiger partial charge is 0.0452 e. The van der Waals surface area contributed by atoms with Crippen LogP contribution in [0.2, 0.25) is 5.02 Å². The molecule has 0 heterocycles. The van der Waals surface area contributed by atoms with Crippen molar-refractivity contribution < 1.29 is 0 Å². The monoisotopic (exact) mass is 244 g/mol. The lowest BCUT2D eigenvalue weighted by atomic mass is 9.92. The Morgan fingerprint density at radius 3 is 3.00 bits per heavy atom. The third-order valence-corrected chi connectivity index (χ3v) is 3.61. The summed E-state index contributed by atoms with van der Waals surface area (Å²) in [5, 5.41) is 0.911. The lowest BCUT2D eigenvalue weighted by molar-refractivity contribution is 0.681. The first-order chi connectivity index (χ1) is 5.79. The molecular weight excluding hydrogens is 235 g/mol. The van der Waals surface area contributed by atoms with Crippen LogP contribution in [-0.4, -0.2) is 0 Å². The van der Waals surface area contributed by atoms with Gasteiger partial charge in [-0.05, 0) is 36.5 Å². The van der Waals surface area contributed by atoms with Gasteiger partial charge in [-0.3, -0.25) is 0 Å². The summed E-state index contributed by atoms with van der Waals surface area (Å²) in [4.78, 5) is 0.468. The molecule has 0 radical (unpaired) electrons. The molecule has 0 saturated heterocycles. The molecule has 1 aliphatic carbocycles. The number of hydrogen-bond acceptors (Lipinski definition) is 0. The van der Waals surface area contributed by atoms with Crippen LogP contribution in [0, 0.1) is 0 Å². The molecule has 64 valence electrons. The second-order valence-electron chi connectivity index (χ2n) is 3.17. The molecule has 1 unspecified atom stereocenters. The van der Waals surface area contributed by atoms with Gasteiger partial charge in [-0.15, -0.1) is 0 Å².